The van der Waals surface area contributed by atoms with E-state index in [2.05, 4.69) is 15.6 Å². The molecular weight excluding hydrogens is 506 g/mol. The van der Waals surface area contributed by atoms with E-state index in [1.807, 2.05) is 47.4 Å². The Morgan fingerprint density at radius 3 is 2.55 bits per heavy atom. The first-order valence-electron chi connectivity index (χ1n) is 11.7. The fourth-order valence-corrected chi connectivity index (χ4v) is 4.72. The van der Waals surface area contributed by atoms with Gasteiger partial charge >= 0.3 is 0 Å². The Bertz CT molecular complexity index is 1460. The second kappa shape index (κ2) is 10.8. The first-order chi connectivity index (χ1) is 18.4. The number of nitrogens with zero attached hydrogens (tertiary/aromatic N) is 3. The number of thiocarbonyl (C=S) groups is 1. The van der Waals surface area contributed by atoms with Crippen LogP contribution < -0.4 is 15.5 Å². The summed E-state index contributed by atoms with van der Waals surface area (Å²) in [6, 6.07) is 22.2. The van der Waals surface area contributed by atoms with Gasteiger partial charge < -0.3 is 24.7 Å². The van der Waals surface area contributed by atoms with Gasteiger partial charge in [0.15, 0.2) is 5.11 Å². The number of aromatic nitrogens is 1. The van der Waals surface area contributed by atoms with Gasteiger partial charge in [0.05, 0.1) is 16.7 Å². The van der Waals surface area contributed by atoms with E-state index in [9.17, 15) is 14.9 Å². The molecule has 2 atom stereocenters. The van der Waals surface area contributed by atoms with Crippen molar-refractivity contribution in [3.63, 3.8) is 0 Å². The topological polar surface area (TPSA) is 123 Å². The van der Waals surface area contributed by atoms with Gasteiger partial charge in [-0.15, -0.1) is 0 Å². The molecule has 0 spiro atoms. The molecule has 38 heavy (non-hydrogen) atoms. The lowest BCUT2D eigenvalue weighted by atomic mass is 10.0. The zero-order valence-corrected chi connectivity index (χ0v) is 21.1. The maximum absolute atomic E-state index is 11.9. The summed E-state index contributed by atoms with van der Waals surface area (Å²) in [7, 11) is 1.46. The highest BCUT2D eigenvalue weighted by molar-refractivity contribution is 7.80. The molecule has 11 heteroatoms. The van der Waals surface area contributed by atoms with E-state index in [1.165, 1.54) is 19.2 Å². The number of hydrogen-bond donors (Lipinski definition) is 2. The molecule has 192 valence electrons. The number of non-ortho nitro benzene ring substituents is 1. The summed E-state index contributed by atoms with van der Waals surface area (Å²) >= 11 is 5.75. The number of methoxy groups -OCH3 is 1. The number of nitro benzene ring substituents is 1. The van der Waals surface area contributed by atoms with Crippen LogP contribution in [0.15, 0.2) is 89.5 Å². The number of anilines is 2. The molecule has 1 amide bonds. The predicted molar refractivity (Wildman–Crippen MR) is 146 cm³/mol. The minimum atomic E-state index is -0.438. The molecule has 1 fully saturated rings. The second-order valence-corrected chi connectivity index (χ2v) is 8.92. The molecule has 3 heterocycles. The van der Waals surface area contributed by atoms with Gasteiger partial charge in [-0.05, 0) is 72.9 Å². The van der Waals surface area contributed by atoms with Crippen molar-refractivity contribution in [3.8, 4) is 11.3 Å². The lowest BCUT2D eigenvalue weighted by Gasteiger charge is -2.26. The zero-order chi connectivity index (χ0) is 26.6. The Morgan fingerprint density at radius 2 is 1.89 bits per heavy atom. The van der Waals surface area contributed by atoms with Gasteiger partial charge in [-0.1, -0.05) is 6.07 Å². The van der Waals surface area contributed by atoms with E-state index >= 15 is 0 Å². The maximum atomic E-state index is 11.9. The summed E-state index contributed by atoms with van der Waals surface area (Å²) < 4.78 is 11.2. The average molecular weight is 530 g/mol. The van der Waals surface area contributed by atoms with E-state index in [-0.39, 0.29) is 30.3 Å². The van der Waals surface area contributed by atoms with Gasteiger partial charge in [0, 0.05) is 42.4 Å². The lowest BCUT2D eigenvalue weighted by molar-refractivity contribution is -0.384. The summed E-state index contributed by atoms with van der Waals surface area (Å²) in [6.45, 7) is -0.0364. The van der Waals surface area contributed by atoms with Crippen LogP contribution in [0.2, 0.25) is 0 Å². The summed E-state index contributed by atoms with van der Waals surface area (Å²) in [6.07, 6.45) is 1.72. The molecule has 2 aromatic carbocycles. The van der Waals surface area contributed by atoms with Crippen LogP contribution in [0.5, 0.6) is 0 Å². The van der Waals surface area contributed by atoms with Crippen molar-refractivity contribution in [2.24, 2.45) is 0 Å². The van der Waals surface area contributed by atoms with Gasteiger partial charge in [-0.2, -0.15) is 0 Å². The highest BCUT2D eigenvalue weighted by Crippen LogP contribution is 2.43. The smallest absolute Gasteiger partial charge is 0.269 e. The SMILES string of the molecule is COCC(=O)Nc1ccc(N2C(=S)N[C@@H](c3ccccn3)[C@@H]2c2ccc(-c3ccc([N+](=O)[O-])cc3)o2)cc1. The van der Waals surface area contributed by atoms with Crippen LogP contribution in [-0.4, -0.2) is 34.6 Å². The summed E-state index contributed by atoms with van der Waals surface area (Å²) in [5.74, 6) is 0.962. The van der Waals surface area contributed by atoms with Crippen molar-refractivity contribution in [2.75, 3.05) is 23.9 Å². The Hall–Kier alpha value is -4.61. The molecule has 2 N–H and O–H groups in total. The lowest BCUT2D eigenvalue weighted by Crippen LogP contribution is -2.29. The van der Waals surface area contributed by atoms with Crippen molar-refractivity contribution in [2.45, 2.75) is 12.1 Å². The van der Waals surface area contributed by atoms with E-state index in [1.54, 1.807) is 30.5 Å². The number of nitrogens with one attached hydrogen (secondary N) is 2. The third-order valence-electron chi connectivity index (χ3n) is 6.08. The molecule has 0 radical (unpaired) electrons. The molecular formula is C27H23N5O5S. The molecule has 1 aliphatic heterocycles. The van der Waals surface area contributed by atoms with Crippen LogP contribution in [0.3, 0.4) is 0 Å². The highest BCUT2D eigenvalue weighted by atomic mass is 32.1. The number of carbonyl (C=O) groups is 1. The highest BCUT2D eigenvalue weighted by Gasteiger charge is 2.42. The molecule has 10 nitrogen and oxygen atoms in total. The standard InChI is InChI=1S/C27H23N5O5S/c1-36-16-24(33)29-18-7-11-19(12-8-18)31-26(25(30-27(31)38)21-4-2-3-15-28-21)23-14-13-22(37-23)17-5-9-20(10-6-17)32(34)35/h2-15,25-26H,16H2,1H3,(H,29,33)(H,30,38)/t25-,26-/m0/s1. The molecule has 1 saturated heterocycles. The molecule has 5 rings (SSSR count). The predicted octanol–water partition coefficient (Wildman–Crippen LogP) is 5.01. The van der Waals surface area contributed by atoms with E-state index in [4.69, 9.17) is 21.4 Å². The third-order valence-corrected chi connectivity index (χ3v) is 6.40. The van der Waals surface area contributed by atoms with Crippen molar-refractivity contribution in [1.29, 1.82) is 0 Å². The molecule has 0 bridgehead atoms. The largest absolute Gasteiger partial charge is 0.459 e. The Morgan fingerprint density at radius 1 is 1.13 bits per heavy atom. The van der Waals surface area contributed by atoms with Crippen LogP contribution in [0, 0.1) is 10.1 Å². The molecule has 1 aliphatic rings. The summed E-state index contributed by atoms with van der Waals surface area (Å²) in [4.78, 5) is 29.0. The molecule has 0 saturated carbocycles. The average Bonchev–Trinajstić information content (AvgIpc) is 3.54. The Labute approximate surface area is 223 Å². The summed E-state index contributed by atoms with van der Waals surface area (Å²) in [5, 5.41) is 17.7. The van der Waals surface area contributed by atoms with E-state index in [0.29, 0.717) is 27.9 Å². The Balaban J connectivity index is 1.49. The Kier molecular flexibility index (Phi) is 7.11. The fraction of sp³-hybridized carbons (Fsp3) is 0.148. The number of hydrogen-bond acceptors (Lipinski definition) is 7. The molecule has 0 unspecified atom stereocenters. The summed E-state index contributed by atoms with van der Waals surface area (Å²) in [5.41, 5.74) is 2.94. The van der Waals surface area contributed by atoms with Crippen molar-refractivity contribution in [3.05, 3.63) is 107 Å². The number of benzene rings is 2. The number of nitro groups is 1. The normalized spacial score (nSPS) is 16.8. The van der Waals surface area contributed by atoms with Crippen molar-refractivity contribution >= 4 is 40.3 Å². The number of furan rings is 1. The van der Waals surface area contributed by atoms with Crippen molar-refractivity contribution in [1.82, 2.24) is 10.3 Å². The van der Waals surface area contributed by atoms with Gasteiger partial charge in [0.2, 0.25) is 5.91 Å². The van der Waals surface area contributed by atoms with Crippen LogP contribution in [0.4, 0.5) is 17.1 Å². The van der Waals surface area contributed by atoms with E-state index < -0.39 is 4.92 Å². The minimum absolute atomic E-state index is 0.00844. The van der Waals surface area contributed by atoms with Gasteiger partial charge in [0.25, 0.3) is 5.69 Å². The van der Waals surface area contributed by atoms with Crippen molar-refractivity contribution < 1.29 is 18.9 Å². The van der Waals surface area contributed by atoms with Crippen LogP contribution >= 0.6 is 12.2 Å². The number of rotatable bonds is 8. The minimum Gasteiger partial charge on any atom is -0.459 e. The number of amides is 1. The number of ether oxygens (including phenoxy) is 1. The van der Waals surface area contributed by atoms with E-state index in [0.717, 1.165) is 11.4 Å². The van der Waals surface area contributed by atoms with Gasteiger partial charge in [-0.3, -0.25) is 19.9 Å². The monoisotopic (exact) mass is 529 g/mol. The quantitative estimate of drug-likeness (QED) is 0.184. The molecule has 0 aliphatic carbocycles. The number of pyridine rings is 1. The zero-order valence-electron chi connectivity index (χ0n) is 20.2. The first kappa shape index (κ1) is 25.1. The molecule has 4 aromatic rings. The van der Waals surface area contributed by atoms with Crippen LogP contribution in [0.1, 0.15) is 23.5 Å². The maximum Gasteiger partial charge on any atom is 0.269 e. The van der Waals surface area contributed by atoms with Crippen LogP contribution in [0.25, 0.3) is 11.3 Å². The van der Waals surface area contributed by atoms with Gasteiger partial charge in [-0.25, -0.2) is 0 Å². The second-order valence-electron chi connectivity index (χ2n) is 8.53. The number of carbonyl (C=O) groups excluding carboxylic acids is 1. The fourth-order valence-electron chi connectivity index (χ4n) is 4.37. The molecule has 2 aromatic heterocycles. The van der Waals surface area contributed by atoms with Gasteiger partial charge in [0.1, 0.15) is 24.2 Å². The third kappa shape index (κ3) is 5.10. The first-order valence-corrected chi connectivity index (χ1v) is 12.1. The van der Waals surface area contributed by atoms with Crippen LogP contribution in [-0.2, 0) is 9.53 Å².